The molecule has 96 valence electrons. The lowest BCUT2D eigenvalue weighted by molar-refractivity contribution is -0.297. The summed E-state index contributed by atoms with van der Waals surface area (Å²) in [6.45, 7) is -2.11. The second kappa shape index (κ2) is 4.87. The average molecular weight is 255 g/mol. The molecule has 0 heterocycles. The van der Waals surface area contributed by atoms with Gasteiger partial charge in [0.1, 0.15) is 6.61 Å². The molecule has 0 atom stereocenters. The summed E-state index contributed by atoms with van der Waals surface area (Å²) in [6, 6.07) is 6.18. The first-order chi connectivity index (χ1) is 7.74. The third kappa shape index (κ3) is 3.55. The predicted molar refractivity (Wildman–Crippen MR) is 51.5 cm³/mol. The fourth-order valence-corrected chi connectivity index (χ4v) is 1.04. The molecule has 2 N–H and O–H groups in total. The van der Waals surface area contributed by atoms with Crippen LogP contribution < -0.4 is 5.73 Å². The van der Waals surface area contributed by atoms with E-state index in [9.17, 15) is 22.0 Å². The van der Waals surface area contributed by atoms with Crippen LogP contribution in [0.4, 0.5) is 27.6 Å². The molecule has 0 radical (unpaired) electrons. The minimum atomic E-state index is -5.60. The van der Waals surface area contributed by atoms with Gasteiger partial charge in [-0.05, 0) is 6.07 Å². The normalized spacial score (nSPS) is 12.8. The Morgan fingerprint density at radius 2 is 1.65 bits per heavy atom. The summed E-state index contributed by atoms with van der Waals surface area (Å²) in [5, 5.41) is 0. The number of alkyl halides is 5. The molecule has 1 aromatic carbocycles. The number of rotatable bonds is 4. The van der Waals surface area contributed by atoms with Gasteiger partial charge in [-0.15, -0.1) is 0 Å². The molecular weight excluding hydrogens is 245 g/mol. The summed E-state index contributed by atoms with van der Waals surface area (Å²) in [5.41, 5.74) is 6.11. The number of nitrogens with two attached hydrogens (primary N) is 1. The molecule has 0 aliphatic heterocycles. The Kier molecular flexibility index (Phi) is 3.92. The predicted octanol–water partition coefficient (Wildman–Crippen LogP) is 2.98. The second-order valence-corrected chi connectivity index (χ2v) is 3.39. The van der Waals surface area contributed by atoms with E-state index in [1.807, 2.05) is 0 Å². The Balaban J connectivity index is 2.52. The molecular formula is C10H10F5NO. The van der Waals surface area contributed by atoms with Gasteiger partial charge in [-0.3, -0.25) is 0 Å². The third-order valence-corrected chi connectivity index (χ3v) is 2.01. The van der Waals surface area contributed by atoms with E-state index < -0.39 is 25.3 Å². The minimum absolute atomic E-state index is 0.280. The number of benzene rings is 1. The summed E-state index contributed by atoms with van der Waals surface area (Å²) in [4.78, 5) is 0. The summed E-state index contributed by atoms with van der Waals surface area (Å²) in [6.07, 6.45) is -5.60. The number of hydrogen-bond acceptors (Lipinski definition) is 2. The zero-order valence-corrected chi connectivity index (χ0v) is 8.60. The largest absolute Gasteiger partial charge is 0.455 e. The fourth-order valence-electron chi connectivity index (χ4n) is 1.04. The third-order valence-electron chi connectivity index (χ3n) is 2.01. The van der Waals surface area contributed by atoms with E-state index in [4.69, 9.17) is 5.73 Å². The van der Waals surface area contributed by atoms with Crippen molar-refractivity contribution in [3.8, 4) is 0 Å². The number of halogens is 5. The Bertz CT molecular complexity index is 377. The van der Waals surface area contributed by atoms with Crippen LogP contribution in [0.25, 0.3) is 0 Å². The maximum atomic E-state index is 12.5. The summed E-state index contributed by atoms with van der Waals surface area (Å²) < 4.78 is 64.6. The smallest absolute Gasteiger partial charge is 0.398 e. The Morgan fingerprint density at radius 1 is 1.06 bits per heavy atom. The molecule has 0 amide bonds. The van der Waals surface area contributed by atoms with Crippen LogP contribution >= 0.6 is 0 Å². The maximum Gasteiger partial charge on any atom is 0.455 e. The van der Waals surface area contributed by atoms with Crippen molar-refractivity contribution >= 4 is 5.69 Å². The summed E-state index contributed by atoms with van der Waals surface area (Å²) in [7, 11) is 0. The monoisotopic (exact) mass is 255 g/mol. The summed E-state index contributed by atoms with van der Waals surface area (Å²) >= 11 is 0. The van der Waals surface area contributed by atoms with Gasteiger partial charge in [-0.1, -0.05) is 18.2 Å². The number of para-hydroxylation sites is 1. The highest BCUT2D eigenvalue weighted by atomic mass is 19.4. The minimum Gasteiger partial charge on any atom is -0.398 e. The maximum absolute atomic E-state index is 12.5. The van der Waals surface area contributed by atoms with E-state index in [0.29, 0.717) is 5.56 Å². The first kappa shape index (κ1) is 13.7. The lowest BCUT2D eigenvalue weighted by atomic mass is 10.2. The molecule has 1 aromatic rings. The van der Waals surface area contributed by atoms with E-state index in [-0.39, 0.29) is 5.69 Å². The van der Waals surface area contributed by atoms with Crippen LogP contribution in [0.15, 0.2) is 24.3 Å². The second-order valence-electron chi connectivity index (χ2n) is 3.39. The van der Waals surface area contributed by atoms with E-state index in [2.05, 4.69) is 4.74 Å². The molecule has 0 unspecified atom stereocenters. The van der Waals surface area contributed by atoms with E-state index in [1.54, 1.807) is 12.1 Å². The van der Waals surface area contributed by atoms with Crippen molar-refractivity contribution in [3.05, 3.63) is 29.8 Å². The van der Waals surface area contributed by atoms with Crippen molar-refractivity contribution in [2.24, 2.45) is 0 Å². The van der Waals surface area contributed by atoms with Crippen LogP contribution in [-0.4, -0.2) is 18.7 Å². The molecule has 0 saturated heterocycles. The fraction of sp³-hybridized carbons (Fsp3) is 0.400. The van der Waals surface area contributed by atoms with Crippen molar-refractivity contribution in [2.75, 3.05) is 12.3 Å². The van der Waals surface area contributed by atoms with Gasteiger partial charge in [0, 0.05) is 11.3 Å². The number of hydrogen-bond donors (Lipinski definition) is 1. The van der Waals surface area contributed by atoms with Crippen LogP contribution in [0.3, 0.4) is 0 Å². The van der Waals surface area contributed by atoms with Crippen LogP contribution in [0, 0.1) is 0 Å². The first-order valence-electron chi connectivity index (χ1n) is 4.60. The van der Waals surface area contributed by atoms with Crippen molar-refractivity contribution < 1.29 is 26.7 Å². The van der Waals surface area contributed by atoms with Crippen molar-refractivity contribution in [1.29, 1.82) is 0 Å². The molecule has 0 saturated carbocycles. The Labute approximate surface area is 94.2 Å². The van der Waals surface area contributed by atoms with Crippen LogP contribution in [0.2, 0.25) is 0 Å². The van der Waals surface area contributed by atoms with Gasteiger partial charge in [-0.2, -0.15) is 22.0 Å². The zero-order chi connectivity index (χ0) is 13.1. The molecule has 0 aromatic heterocycles. The van der Waals surface area contributed by atoms with Crippen LogP contribution in [0.1, 0.15) is 5.56 Å². The Hall–Kier alpha value is -1.37. The molecule has 7 heteroatoms. The highest BCUT2D eigenvalue weighted by Crippen LogP contribution is 2.35. The van der Waals surface area contributed by atoms with Gasteiger partial charge < -0.3 is 10.5 Å². The van der Waals surface area contributed by atoms with Crippen molar-refractivity contribution in [2.45, 2.75) is 18.7 Å². The highest BCUT2D eigenvalue weighted by molar-refractivity contribution is 5.45. The van der Waals surface area contributed by atoms with Crippen LogP contribution in [-0.2, 0) is 11.3 Å². The molecule has 0 spiro atoms. The van der Waals surface area contributed by atoms with Crippen molar-refractivity contribution in [1.82, 2.24) is 0 Å². The lowest BCUT2D eigenvalue weighted by Crippen LogP contribution is -2.40. The topological polar surface area (TPSA) is 35.2 Å². The van der Waals surface area contributed by atoms with Gasteiger partial charge in [-0.25, -0.2) is 0 Å². The zero-order valence-electron chi connectivity index (χ0n) is 8.60. The lowest BCUT2D eigenvalue weighted by Gasteiger charge is -2.19. The van der Waals surface area contributed by atoms with E-state index in [1.165, 1.54) is 12.1 Å². The number of nitrogen functional groups attached to an aromatic ring is 1. The highest BCUT2D eigenvalue weighted by Gasteiger charge is 2.57. The van der Waals surface area contributed by atoms with E-state index in [0.717, 1.165) is 0 Å². The quantitative estimate of drug-likeness (QED) is 0.663. The molecule has 0 fully saturated rings. The summed E-state index contributed by atoms with van der Waals surface area (Å²) in [5.74, 6) is -4.85. The van der Waals surface area contributed by atoms with Gasteiger partial charge in [0.25, 0.3) is 0 Å². The van der Waals surface area contributed by atoms with Crippen LogP contribution in [0.5, 0.6) is 0 Å². The molecule has 17 heavy (non-hydrogen) atoms. The molecule has 0 bridgehead atoms. The molecule has 0 aliphatic carbocycles. The van der Waals surface area contributed by atoms with E-state index >= 15 is 0 Å². The molecule has 1 rings (SSSR count). The van der Waals surface area contributed by atoms with Gasteiger partial charge in [0.15, 0.2) is 0 Å². The van der Waals surface area contributed by atoms with Gasteiger partial charge in [0.2, 0.25) is 0 Å². The average Bonchev–Trinajstić information content (AvgIpc) is 2.19. The number of anilines is 1. The van der Waals surface area contributed by atoms with Crippen molar-refractivity contribution in [3.63, 3.8) is 0 Å². The van der Waals surface area contributed by atoms with Gasteiger partial charge >= 0.3 is 12.1 Å². The first-order valence-corrected chi connectivity index (χ1v) is 4.60. The molecule has 0 aliphatic rings. The van der Waals surface area contributed by atoms with Gasteiger partial charge in [0.05, 0.1) is 6.61 Å². The molecule has 2 nitrogen and oxygen atoms in total. The standard InChI is InChI=1S/C10H10F5NO/c11-9(12,10(13,14)15)6-17-5-7-3-1-2-4-8(7)16/h1-4H,5-6,16H2. The SMILES string of the molecule is Nc1ccccc1COCC(F)(F)C(F)(F)F. The Morgan fingerprint density at radius 3 is 2.18 bits per heavy atom. The number of ether oxygens (including phenoxy) is 1.